The van der Waals surface area contributed by atoms with Gasteiger partial charge in [0, 0.05) is 13.2 Å². The van der Waals surface area contributed by atoms with Crippen molar-refractivity contribution in [2.45, 2.75) is 282 Å². The van der Waals surface area contributed by atoms with Crippen molar-refractivity contribution in [2.75, 3.05) is 13.2 Å². The molecule has 0 aliphatic heterocycles. The molecule has 7 rings (SSSR count). The van der Waals surface area contributed by atoms with Crippen LogP contribution in [-0.2, 0) is 9.47 Å². The van der Waals surface area contributed by atoms with Crippen LogP contribution in [0.3, 0.4) is 0 Å². The van der Waals surface area contributed by atoms with E-state index in [2.05, 4.69) is 13.8 Å². The van der Waals surface area contributed by atoms with Crippen LogP contribution in [-0.4, -0.2) is 50.1 Å². The van der Waals surface area contributed by atoms with Gasteiger partial charge in [-0.3, -0.25) is 0 Å². The maximum absolute atomic E-state index is 15.4. The summed E-state index contributed by atoms with van der Waals surface area (Å²) in [6.45, 7) is 5.54. The van der Waals surface area contributed by atoms with Crippen molar-refractivity contribution in [2.24, 2.45) is 71.0 Å². The van der Waals surface area contributed by atoms with Gasteiger partial charge in [0.1, 0.15) is 12.3 Å². The van der Waals surface area contributed by atoms with Gasteiger partial charge < -0.3 is 9.47 Å². The second kappa shape index (κ2) is 27.1. The summed E-state index contributed by atoms with van der Waals surface area (Å²) in [5.74, 6) is 7.72. The van der Waals surface area contributed by atoms with Crippen molar-refractivity contribution in [1.29, 1.82) is 0 Å². The first-order valence-corrected chi connectivity index (χ1v) is 29.1. The molecule has 7 fully saturated rings. The van der Waals surface area contributed by atoms with E-state index < -0.39 is 36.9 Å². The molecule has 0 saturated heterocycles. The molecule has 64 heavy (non-hydrogen) atoms. The number of halogens is 4. The molecule has 372 valence electrons. The van der Waals surface area contributed by atoms with Crippen molar-refractivity contribution in [3.8, 4) is 0 Å². The van der Waals surface area contributed by atoms with Crippen LogP contribution in [0, 0.1) is 71.0 Å². The highest BCUT2D eigenvalue weighted by Crippen LogP contribution is 2.50. The van der Waals surface area contributed by atoms with Gasteiger partial charge in [-0.15, -0.1) is 0 Å². The molecule has 0 spiro atoms. The molecule has 0 amide bonds. The second-order valence-electron chi connectivity index (χ2n) is 24.2. The molecule has 10 unspecified atom stereocenters. The van der Waals surface area contributed by atoms with Crippen LogP contribution in [0.4, 0.5) is 17.6 Å². The summed E-state index contributed by atoms with van der Waals surface area (Å²) in [5, 5.41) is 0. The lowest BCUT2D eigenvalue weighted by Crippen LogP contribution is -2.46. The van der Waals surface area contributed by atoms with Crippen LogP contribution in [0.2, 0.25) is 0 Å². The standard InChI is InChI=1S/C58H100F4O2/c1-3-5-7-9-38-63-53-36-34-51(55(59)57(53)61)49-30-26-47(27-31-49)45-22-18-41(19-23-45)14-16-43-12-11-13-44(40-43)17-15-42-20-24-46(25-21-42)48-28-32-50(33-29-48)52-35-37-54(58(62)56(52)60)64-39-10-8-6-4-2/h41-58H,3-40H2,1-2H3. The summed E-state index contributed by atoms with van der Waals surface area (Å²) in [4.78, 5) is 0. The largest absolute Gasteiger partial charge is 0.375 e. The predicted octanol–water partition coefficient (Wildman–Crippen LogP) is 17.7. The van der Waals surface area contributed by atoms with E-state index in [0.29, 0.717) is 37.9 Å². The Morgan fingerprint density at radius 2 is 0.672 bits per heavy atom. The lowest BCUT2D eigenvalue weighted by atomic mass is 9.64. The minimum Gasteiger partial charge on any atom is -0.375 e. The smallest absolute Gasteiger partial charge is 0.157 e. The Kier molecular flexibility index (Phi) is 21.8. The molecule has 10 atom stereocenters. The molecule has 0 bridgehead atoms. The average molecular weight is 905 g/mol. The Morgan fingerprint density at radius 3 is 1.05 bits per heavy atom. The van der Waals surface area contributed by atoms with Gasteiger partial charge in [-0.1, -0.05) is 123 Å². The molecule has 6 heteroatoms. The molecule has 2 nitrogen and oxygen atoms in total. The lowest BCUT2D eigenvalue weighted by molar-refractivity contribution is -0.0887. The zero-order chi connectivity index (χ0) is 44.7. The van der Waals surface area contributed by atoms with E-state index in [0.717, 1.165) is 112 Å². The van der Waals surface area contributed by atoms with E-state index in [1.807, 2.05) is 0 Å². The number of ether oxygens (including phenoxy) is 2. The molecule has 7 saturated carbocycles. The van der Waals surface area contributed by atoms with Crippen molar-refractivity contribution < 1.29 is 27.0 Å². The van der Waals surface area contributed by atoms with E-state index in [-0.39, 0.29) is 11.8 Å². The summed E-state index contributed by atoms with van der Waals surface area (Å²) >= 11 is 0. The highest BCUT2D eigenvalue weighted by molar-refractivity contribution is 4.96. The Bertz CT molecular complexity index is 1140. The zero-order valence-corrected chi connectivity index (χ0v) is 41.6. The molecule has 7 aliphatic rings. The Balaban J connectivity index is 0.710. The van der Waals surface area contributed by atoms with E-state index in [1.54, 1.807) is 0 Å². The van der Waals surface area contributed by atoms with E-state index in [1.165, 1.54) is 154 Å². The van der Waals surface area contributed by atoms with Gasteiger partial charge in [-0.2, -0.15) is 0 Å². The topological polar surface area (TPSA) is 18.5 Å². The van der Waals surface area contributed by atoms with Crippen molar-refractivity contribution in [3.05, 3.63) is 0 Å². The maximum Gasteiger partial charge on any atom is 0.157 e. The first-order chi connectivity index (χ1) is 31.3. The van der Waals surface area contributed by atoms with E-state index >= 15 is 17.6 Å². The van der Waals surface area contributed by atoms with E-state index in [9.17, 15) is 0 Å². The van der Waals surface area contributed by atoms with Crippen LogP contribution in [0.15, 0.2) is 0 Å². The fraction of sp³-hybridized carbons (Fsp3) is 1.00. The number of rotatable bonds is 22. The van der Waals surface area contributed by atoms with E-state index in [4.69, 9.17) is 9.47 Å². The maximum atomic E-state index is 15.4. The normalized spacial score (nSPS) is 42.7. The summed E-state index contributed by atoms with van der Waals surface area (Å²) in [6.07, 6.45) is 37.8. The van der Waals surface area contributed by atoms with Crippen LogP contribution in [0.1, 0.15) is 245 Å². The summed E-state index contributed by atoms with van der Waals surface area (Å²) in [5.41, 5.74) is 0. The number of unbranched alkanes of at least 4 members (excludes halogenated alkanes) is 6. The Labute approximate surface area is 391 Å². The fourth-order valence-electron chi connectivity index (χ4n) is 16.0. The molecular weight excluding hydrogens is 805 g/mol. The fourth-order valence-corrected chi connectivity index (χ4v) is 16.0. The third-order valence-electron chi connectivity index (χ3n) is 20.2. The van der Waals surface area contributed by atoms with Gasteiger partial charge >= 0.3 is 0 Å². The molecular formula is C58H100F4O2. The molecule has 0 aromatic heterocycles. The molecule has 7 aliphatic carbocycles. The summed E-state index contributed by atoms with van der Waals surface area (Å²) in [6, 6.07) is 0. The first-order valence-electron chi connectivity index (χ1n) is 29.1. The van der Waals surface area contributed by atoms with Crippen molar-refractivity contribution >= 4 is 0 Å². The number of hydrogen-bond acceptors (Lipinski definition) is 2. The van der Waals surface area contributed by atoms with Gasteiger partial charge in [-0.05, 0) is 193 Å². The molecule has 0 aromatic carbocycles. The third-order valence-corrected chi connectivity index (χ3v) is 20.2. The Hall–Kier alpha value is -0.360. The molecule has 0 radical (unpaired) electrons. The van der Waals surface area contributed by atoms with Crippen molar-refractivity contribution in [3.63, 3.8) is 0 Å². The van der Waals surface area contributed by atoms with Crippen LogP contribution >= 0.6 is 0 Å². The average Bonchev–Trinajstić information content (AvgIpc) is 3.33. The predicted molar refractivity (Wildman–Crippen MR) is 259 cm³/mol. The molecule has 0 N–H and O–H groups in total. The SMILES string of the molecule is CCCCCCOC1CCC(C2CCC(C3CCC(CCC4CCCC(CCC5CCC(C6CCC(C7CCC(OCCCCCC)C(F)C7F)CC6)CC5)C4)CC3)CC2)C(F)C1F. The van der Waals surface area contributed by atoms with Crippen LogP contribution in [0.5, 0.6) is 0 Å². The van der Waals surface area contributed by atoms with Crippen LogP contribution in [0.25, 0.3) is 0 Å². The van der Waals surface area contributed by atoms with Gasteiger partial charge in [0.2, 0.25) is 0 Å². The first kappa shape index (κ1) is 51.5. The van der Waals surface area contributed by atoms with Gasteiger partial charge in [-0.25, -0.2) is 17.6 Å². The molecule has 0 heterocycles. The monoisotopic (exact) mass is 905 g/mol. The van der Waals surface area contributed by atoms with Crippen molar-refractivity contribution in [1.82, 2.24) is 0 Å². The number of hydrogen-bond donors (Lipinski definition) is 0. The zero-order valence-electron chi connectivity index (χ0n) is 41.6. The summed E-state index contributed by atoms with van der Waals surface area (Å²) in [7, 11) is 0. The van der Waals surface area contributed by atoms with Gasteiger partial charge in [0.05, 0.1) is 12.2 Å². The second-order valence-corrected chi connectivity index (χ2v) is 24.2. The quantitative estimate of drug-likeness (QED) is 0.0796. The van der Waals surface area contributed by atoms with Gasteiger partial charge in [0.15, 0.2) is 12.3 Å². The highest BCUT2D eigenvalue weighted by atomic mass is 19.2. The van der Waals surface area contributed by atoms with Crippen LogP contribution < -0.4 is 0 Å². The van der Waals surface area contributed by atoms with Gasteiger partial charge in [0.25, 0.3) is 0 Å². The minimum atomic E-state index is -1.44. The minimum absolute atomic E-state index is 0.0940. The lowest BCUT2D eigenvalue weighted by Gasteiger charge is -2.43. The number of alkyl halides is 4. The highest BCUT2D eigenvalue weighted by Gasteiger charge is 2.47. The third kappa shape index (κ3) is 14.8. The molecule has 0 aromatic rings. The summed E-state index contributed by atoms with van der Waals surface area (Å²) < 4.78 is 72.9. The Morgan fingerprint density at radius 1 is 0.328 bits per heavy atom.